The zero-order valence-electron chi connectivity index (χ0n) is 12.5. The second kappa shape index (κ2) is 6.70. The number of carbonyl (C=O) groups is 1. The van der Waals surface area contributed by atoms with Gasteiger partial charge in [0.1, 0.15) is 0 Å². The van der Waals surface area contributed by atoms with Crippen LogP contribution in [-0.4, -0.2) is 38.1 Å². The van der Waals surface area contributed by atoms with Crippen molar-refractivity contribution >= 4 is 11.6 Å². The highest BCUT2D eigenvalue weighted by Gasteiger charge is 2.25. The van der Waals surface area contributed by atoms with Gasteiger partial charge in [-0.25, -0.2) is 0 Å². The number of hydrogen-bond donors (Lipinski definition) is 2. The molecule has 0 bridgehead atoms. The van der Waals surface area contributed by atoms with Crippen LogP contribution < -0.4 is 15.5 Å². The number of amides is 1. The van der Waals surface area contributed by atoms with Crippen LogP contribution in [0.3, 0.4) is 0 Å². The van der Waals surface area contributed by atoms with Crippen molar-refractivity contribution in [2.24, 2.45) is 5.92 Å². The van der Waals surface area contributed by atoms with Gasteiger partial charge in [0.05, 0.1) is 23.5 Å². The average Bonchev–Trinajstić information content (AvgIpc) is 2.53. The molecule has 2 unspecified atom stereocenters. The molecule has 1 amide bonds. The zero-order valence-corrected chi connectivity index (χ0v) is 12.5. The molecule has 2 heterocycles. The first-order chi connectivity index (χ1) is 9.65. The van der Waals surface area contributed by atoms with E-state index < -0.39 is 0 Å². The zero-order chi connectivity index (χ0) is 14.5. The van der Waals surface area contributed by atoms with Crippen molar-refractivity contribution in [2.75, 3.05) is 32.1 Å². The van der Waals surface area contributed by atoms with Crippen molar-refractivity contribution in [1.82, 2.24) is 15.6 Å². The van der Waals surface area contributed by atoms with Gasteiger partial charge in [0.2, 0.25) is 5.91 Å². The van der Waals surface area contributed by atoms with Crippen LogP contribution in [0.4, 0.5) is 5.69 Å². The standard InChI is InChI=1S/C15H24N4O/c1-11(16-2)14-7-6-13(9-18-14)19-8-4-5-12(10-19)15(20)17-3/h6-7,9,11-12,16H,4-5,8,10H2,1-3H3,(H,17,20). The van der Waals surface area contributed by atoms with E-state index in [9.17, 15) is 4.79 Å². The summed E-state index contributed by atoms with van der Waals surface area (Å²) in [5.41, 5.74) is 2.14. The van der Waals surface area contributed by atoms with Gasteiger partial charge >= 0.3 is 0 Å². The molecule has 0 aromatic carbocycles. The predicted molar refractivity (Wildman–Crippen MR) is 80.7 cm³/mol. The number of carbonyl (C=O) groups excluding carboxylic acids is 1. The lowest BCUT2D eigenvalue weighted by atomic mass is 9.97. The van der Waals surface area contributed by atoms with Gasteiger partial charge in [0.15, 0.2) is 0 Å². The van der Waals surface area contributed by atoms with Crippen LogP contribution in [0.15, 0.2) is 18.3 Å². The summed E-state index contributed by atoms with van der Waals surface area (Å²) in [5, 5.41) is 5.93. The molecule has 110 valence electrons. The maximum absolute atomic E-state index is 11.8. The second-order valence-electron chi connectivity index (χ2n) is 5.35. The lowest BCUT2D eigenvalue weighted by Crippen LogP contribution is -2.42. The van der Waals surface area contributed by atoms with Gasteiger partial charge in [-0.15, -0.1) is 0 Å². The van der Waals surface area contributed by atoms with Gasteiger partial charge < -0.3 is 15.5 Å². The van der Waals surface area contributed by atoms with E-state index in [0.717, 1.165) is 37.3 Å². The van der Waals surface area contributed by atoms with E-state index in [1.54, 1.807) is 7.05 Å². The van der Waals surface area contributed by atoms with Crippen LogP contribution in [0.2, 0.25) is 0 Å². The summed E-state index contributed by atoms with van der Waals surface area (Å²) in [4.78, 5) is 18.5. The van der Waals surface area contributed by atoms with Gasteiger partial charge in [0, 0.05) is 26.2 Å². The SMILES string of the molecule is CNC(=O)C1CCCN(c2ccc(C(C)NC)nc2)C1. The number of piperidine rings is 1. The normalized spacial score (nSPS) is 20.6. The Bertz CT molecular complexity index is 446. The van der Waals surface area contributed by atoms with E-state index in [0.29, 0.717) is 0 Å². The van der Waals surface area contributed by atoms with Crippen molar-refractivity contribution in [3.8, 4) is 0 Å². The lowest BCUT2D eigenvalue weighted by Gasteiger charge is -2.33. The highest BCUT2D eigenvalue weighted by Crippen LogP contribution is 2.23. The molecule has 20 heavy (non-hydrogen) atoms. The van der Waals surface area contributed by atoms with Crippen LogP contribution in [0.1, 0.15) is 31.5 Å². The highest BCUT2D eigenvalue weighted by atomic mass is 16.1. The van der Waals surface area contributed by atoms with E-state index in [-0.39, 0.29) is 17.9 Å². The summed E-state index contributed by atoms with van der Waals surface area (Å²) in [5.74, 6) is 0.229. The van der Waals surface area contributed by atoms with Crippen molar-refractivity contribution in [3.63, 3.8) is 0 Å². The third-order valence-electron chi connectivity index (χ3n) is 4.05. The van der Waals surface area contributed by atoms with Gasteiger partial charge in [0.25, 0.3) is 0 Å². The minimum atomic E-state index is 0.0876. The van der Waals surface area contributed by atoms with E-state index in [1.807, 2.05) is 13.2 Å². The van der Waals surface area contributed by atoms with Crippen molar-refractivity contribution in [3.05, 3.63) is 24.0 Å². The maximum Gasteiger partial charge on any atom is 0.224 e. The topological polar surface area (TPSA) is 57.3 Å². The Kier molecular flexibility index (Phi) is 4.95. The molecule has 1 aliphatic heterocycles. The Balaban J connectivity index is 2.05. The smallest absolute Gasteiger partial charge is 0.224 e. The monoisotopic (exact) mass is 276 g/mol. The molecule has 1 saturated heterocycles. The number of aromatic nitrogens is 1. The van der Waals surface area contributed by atoms with Crippen LogP contribution in [0.25, 0.3) is 0 Å². The van der Waals surface area contributed by atoms with Crippen LogP contribution in [-0.2, 0) is 4.79 Å². The summed E-state index contributed by atoms with van der Waals surface area (Å²) in [6.45, 7) is 3.86. The molecule has 1 aromatic heterocycles. The Morgan fingerprint density at radius 3 is 2.85 bits per heavy atom. The molecule has 5 heteroatoms. The van der Waals surface area contributed by atoms with Gasteiger partial charge in [-0.05, 0) is 38.9 Å². The Morgan fingerprint density at radius 1 is 1.45 bits per heavy atom. The van der Waals surface area contributed by atoms with Crippen LogP contribution in [0.5, 0.6) is 0 Å². The fourth-order valence-corrected chi connectivity index (χ4v) is 2.62. The van der Waals surface area contributed by atoms with Crippen LogP contribution >= 0.6 is 0 Å². The first-order valence-corrected chi connectivity index (χ1v) is 7.25. The largest absolute Gasteiger partial charge is 0.369 e. The molecule has 0 spiro atoms. The van der Waals surface area contributed by atoms with Gasteiger partial charge in [-0.1, -0.05) is 0 Å². The first kappa shape index (κ1) is 14.8. The summed E-state index contributed by atoms with van der Waals surface area (Å²) >= 11 is 0. The summed E-state index contributed by atoms with van der Waals surface area (Å²) in [6.07, 6.45) is 3.93. The summed E-state index contributed by atoms with van der Waals surface area (Å²) < 4.78 is 0. The number of rotatable bonds is 4. The molecule has 0 radical (unpaired) electrons. The number of anilines is 1. The number of hydrogen-bond acceptors (Lipinski definition) is 4. The third-order valence-corrected chi connectivity index (χ3v) is 4.05. The molecule has 5 nitrogen and oxygen atoms in total. The predicted octanol–water partition coefficient (Wildman–Crippen LogP) is 1.32. The van der Waals surface area contributed by atoms with Crippen molar-refractivity contribution < 1.29 is 4.79 Å². The van der Waals surface area contributed by atoms with Gasteiger partial charge in [-0.2, -0.15) is 0 Å². The summed E-state index contributed by atoms with van der Waals surface area (Å²) in [6, 6.07) is 4.41. The van der Waals surface area contributed by atoms with Crippen molar-refractivity contribution in [1.29, 1.82) is 0 Å². The minimum absolute atomic E-state index is 0.0876. The molecule has 1 fully saturated rings. The molecule has 1 aromatic rings. The summed E-state index contributed by atoms with van der Waals surface area (Å²) in [7, 11) is 3.63. The first-order valence-electron chi connectivity index (χ1n) is 7.25. The number of nitrogens with zero attached hydrogens (tertiary/aromatic N) is 2. The van der Waals surface area contributed by atoms with E-state index in [4.69, 9.17) is 0 Å². The molecule has 2 rings (SSSR count). The number of nitrogens with one attached hydrogen (secondary N) is 2. The van der Waals surface area contributed by atoms with E-state index in [2.05, 4.69) is 39.6 Å². The molecule has 0 saturated carbocycles. The fourth-order valence-electron chi connectivity index (χ4n) is 2.62. The Hall–Kier alpha value is -1.62. The molecule has 2 N–H and O–H groups in total. The Labute approximate surface area is 120 Å². The van der Waals surface area contributed by atoms with E-state index in [1.165, 1.54) is 0 Å². The lowest BCUT2D eigenvalue weighted by molar-refractivity contribution is -0.124. The van der Waals surface area contributed by atoms with Crippen LogP contribution in [0, 0.1) is 5.92 Å². The van der Waals surface area contributed by atoms with E-state index >= 15 is 0 Å². The molecule has 1 aliphatic rings. The fraction of sp³-hybridized carbons (Fsp3) is 0.600. The molecule has 0 aliphatic carbocycles. The third kappa shape index (κ3) is 3.28. The average molecular weight is 276 g/mol. The molecular weight excluding hydrogens is 252 g/mol. The maximum atomic E-state index is 11.8. The molecule has 2 atom stereocenters. The molecular formula is C15H24N4O. The van der Waals surface area contributed by atoms with Gasteiger partial charge in [-0.3, -0.25) is 9.78 Å². The highest BCUT2D eigenvalue weighted by molar-refractivity contribution is 5.79. The quantitative estimate of drug-likeness (QED) is 0.871. The Morgan fingerprint density at radius 2 is 2.25 bits per heavy atom. The second-order valence-corrected chi connectivity index (χ2v) is 5.35. The van der Waals surface area contributed by atoms with Crippen molar-refractivity contribution in [2.45, 2.75) is 25.8 Å². The number of pyridine rings is 1. The minimum Gasteiger partial charge on any atom is -0.369 e.